The van der Waals surface area contributed by atoms with Crippen LogP contribution in [0.25, 0.3) is 10.9 Å². The van der Waals surface area contributed by atoms with Crippen molar-refractivity contribution in [1.29, 1.82) is 0 Å². The Balaban J connectivity index is 1.68. The first-order valence-corrected chi connectivity index (χ1v) is 12.0. The van der Waals surface area contributed by atoms with Gasteiger partial charge >= 0.3 is 5.97 Å². The molecule has 0 bridgehead atoms. The van der Waals surface area contributed by atoms with Gasteiger partial charge in [-0.25, -0.2) is 8.42 Å². The summed E-state index contributed by atoms with van der Waals surface area (Å²) in [7, 11) is -3.75. The van der Waals surface area contributed by atoms with E-state index >= 15 is 0 Å². The second-order valence-corrected chi connectivity index (χ2v) is 10.0. The van der Waals surface area contributed by atoms with Crippen LogP contribution in [0.3, 0.4) is 0 Å². The van der Waals surface area contributed by atoms with Gasteiger partial charge in [-0.2, -0.15) is 0 Å². The van der Waals surface area contributed by atoms with Gasteiger partial charge in [0.2, 0.25) is 9.84 Å². The molecular formula is C23H18Cl2N2O5S. The average Bonchev–Trinajstić information content (AvgIpc) is 3.21. The van der Waals surface area contributed by atoms with E-state index < -0.39 is 21.8 Å². The Morgan fingerprint density at radius 3 is 2.36 bits per heavy atom. The number of nitrogens with two attached hydrogens (primary N) is 1. The van der Waals surface area contributed by atoms with Gasteiger partial charge in [-0.3, -0.25) is 4.79 Å². The summed E-state index contributed by atoms with van der Waals surface area (Å²) >= 11 is 12.7. The van der Waals surface area contributed by atoms with Crippen LogP contribution in [0.2, 0.25) is 10.0 Å². The number of rotatable bonds is 7. The number of carboxylic acids is 1. The van der Waals surface area contributed by atoms with E-state index in [1.165, 1.54) is 30.5 Å². The Kier molecular flexibility index (Phi) is 6.36. The average molecular weight is 505 g/mol. The third-order valence-corrected chi connectivity index (χ3v) is 7.38. The van der Waals surface area contributed by atoms with Gasteiger partial charge in [0.15, 0.2) is 5.75 Å². The summed E-state index contributed by atoms with van der Waals surface area (Å²) in [5, 5.41) is 9.78. The molecule has 10 heteroatoms. The first-order chi connectivity index (χ1) is 15.7. The van der Waals surface area contributed by atoms with Crippen LogP contribution in [0.1, 0.15) is 5.56 Å². The van der Waals surface area contributed by atoms with Crippen molar-refractivity contribution in [2.75, 3.05) is 0 Å². The number of aliphatic carboxylic acids is 1. The molecule has 1 atom stereocenters. The lowest BCUT2D eigenvalue weighted by molar-refractivity contribution is -0.138. The molecule has 33 heavy (non-hydrogen) atoms. The van der Waals surface area contributed by atoms with E-state index in [-0.39, 0.29) is 32.0 Å². The summed E-state index contributed by atoms with van der Waals surface area (Å²) in [5.41, 5.74) is 6.74. The molecule has 0 aliphatic rings. The number of benzene rings is 3. The highest BCUT2D eigenvalue weighted by molar-refractivity contribution is 7.91. The van der Waals surface area contributed by atoms with Crippen molar-refractivity contribution >= 4 is 49.9 Å². The first kappa shape index (κ1) is 23.1. The molecule has 0 saturated heterocycles. The lowest BCUT2D eigenvalue weighted by Gasteiger charge is -2.13. The van der Waals surface area contributed by atoms with Gasteiger partial charge < -0.3 is 20.6 Å². The molecule has 0 fully saturated rings. The number of carbonyl (C=O) groups is 1. The monoisotopic (exact) mass is 504 g/mol. The van der Waals surface area contributed by atoms with E-state index in [2.05, 4.69) is 4.98 Å². The number of aromatic nitrogens is 1. The summed E-state index contributed by atoms with van der Waals surface area (Å²) in [4.78, 5) is 14.3. The van der Waals surface area contributed by atoms with Gasteiger partial charge in [-0.15, -0.1) is 0 Å². The van der Waals surface area contributed by atoms with Crippen molar-refractivity contribution in [2.24, 2.45) is 5.73 Å². The molecule has 170 valence electrons. The molecule has 0 amide bonds. The van der Waals surface area contributed by atoms with Crippen molar-refractivity contribution in [2.45, 2.75) is 22.3 Å². The van der Waals surface area contributed by atoms with Crippen molar-refractivity contribution in [3.05, 3.63) is 82.5 Å². The van der Waals surface area contributed by atoms with E-state index in [1.807, 2.05) is 0 Å². The minimum Gasteiger partial charge on any atom is -0.480 e. The van der Waals surface area contributed by atoms with Gasteiger partial charge in [0.25, 0.3) is 0 Å². The maximum atomic E-state index is 13.1. The van der Waals surface area contributed by atoms with Gasteiger partial charge in [-0.05, 0) is 54.4 Å². The zero-order chi connectivity index (χ0) is 23.8. The molecule has 4 N–H and O–H groups in total. The number of hydrogen-bond acceptors (Lipinski definition) is 5. The maximum Gasteiger partial charge on any atom is 0.320 e. The van der Waals surface area contributed by atoms with E-state index in [0.717, 1.165) is 0 Å². The van der Waals surface area contributed by atoms with Crippen LogP contribution in [0.4, 0.5) is 0 Å². The van der Waals surface area contributed by atoms with Crippen LogP contribution in [0.15, 0.2) is 76.7 Å². The van der Waals surface area contributed by atoms with Gasteiger partial charge in [-0.1, -0.05) is 41.4 Å². The topological polar surface area (TPSA) is 122 Å². The maximum absolute atomic E-state index is 13.1. The van der Waals surface area contributed by atoms with Crippen LogP contribution in [0, 0.1) is 0 Å². The number of sulfone groups is 1. The van der Waals surface area contributed by atoms with Crippen molar-refractivity contribution < 1.29 is 23.1 Å². The van der Waals surface area contributed by atoms with Crippen molar-refractivity contribution in [1.82, 2.24) is 4.98 Å². The van der Waals surface area contributed by atoms with Gasteiger partial charge in [0, 0.05) is 17.1 Å². The predicted molar refractivity (Wildman–Crippen MR) is 126 cm³/mol. The van der Waals surface area contributed by atoms with E-state index in [1.54, 1.807) is 36.4 Å². The lowest BCUT2D eigenvalue weighted by atomic mass is 10.1. The fraction of sp³-hybridized carbons (Fsp3) is 0.0870. The number of ether oxygens (including phenoxy) is 1. The second-order valence-electron chi connectivity index (χ2n) is 7.32. The van der Waals surface area contributed by atoms with E-state index in [0.29, 0.717) is 22.2 Å². The quantitative estimate of drug-likeness (QED) is 0.323. The molecule has 0 aliphatic heterocycles. The summed E-state index contributed by atoms with van der Waals surface area (Å²) < 4.78 is 32.1. The Labute approximate surface area is 199 Å². The highest BCUT2D eigenvalue weighted by Gasteiger charge is 2.22. The Hall–Kier alpha value is -3.04. The summed E-state index contributed by atoms with van der Waals surface area (Å²) in [6.45, 7) is 0. The molecule has 0 aliphatic carbocycles. The first-order valence-electron chi connectivity index (χ1n) is 9.72. The van der Waals surface area contributed by atoms with Crippen LogP contribution in [0.5, 0.6) is 11.5 Å². The summed E-state index contributed by atoms with van der Waals surface area (Å²) in [5.74, 6) is -0.651. The number of hydrogen-bond donors (Lipinski definition) is 3. The molecule has 0 radical (unpaired) electrons. The smallest absolute Gasteiger partial charge is 0.320 e. The fourth-order valence-electron chi connectivity index (χ4n) is 3.37. The molecule has 0 saturated carbocycles. The van der Waals surface area contributed by atoms with Gasteiger partial charge in [0.1, 0.15) is 11.8 Å². The number of aromatic amines is 1. The van der Waals surface area contributed by atoms with Crippen LogP contribution in [-0.4, -0.2) is 30.5 Å². The van der Waals surface area contributed by atoms with Crippen molar-refractivity contribution in [3.63, 3.8) is 0 Å². The molecule has 0 spiro atoms. The summed E-state index contributed by atoms with van der Waals surface area (Å²) in [6.07, 6.45) is 1.49. The molecule has 1 heterocycles. The number of fused-ring (bicyclic) bond motifs is 1. The zero-order valence-corrected chi connectivity index (χ0v) is 19.3. The van der Waals surface area contributed by atoms with Gasteiger partial charge in [0.05, 0.1) is 19.8 Å². The summed E-state index contributed by atoms with van der Waals surface area (Å²) in [6, 6.07) is 15.0. The standard InChI is InChI=1S/C23H18Cl2N2O5S/c24-17-8-13(10-19(26)23(28)29)9-18(25)22(17)32-14-6-7-20-16(11-14)21(12-27-20)33(30,31)15-4-2-1-3-5-15/h1-9,11-12,19,27H,10,26H2,(H,28,29)/t19-/m0/s1. The lowest BCUT2D eigenvalue weighted by Crippen LogP contribution is -2.32. The highest BCUT2D eigenvalue weighted by Crippen LogP contribution is 2.39. The molecule has 4 aromatic rings. The largest absolute Gasteiger partial charge is 0.480 e. The second kappa shape index (κ2) is 9.07. The number of nitrogens with one attached hydrogen (secondary N) is 1. The minimum atomic E-state index is -3.75. The third-order valence-electron chi connectivity index (χ3n) is 5.01. The molecular weight excluding hydrogens is 487 g/mol. The fourth-order valence-corrected chi connectivity index (χ4v) is 5.42. The van der Waals surface area contributed by atoms with E-state index in [9.17, 15) is 13.2 Å². The van der Waals surface area contributed by atoms with Crippen LogP contribution >= 0.6 is 23.2 Å². The van der Waals surface area contributed by atoms with E-state index in [4.69, 9.17) is 38.8 Å². The molecule has 0 unspecified atom stereocenters. The Morgan fingerprint density at radius 2 is 1.73 bits per heavy atom. The number of carboxylic acid groups (broad SMARTS) is 1. The Bertz CT molecular complexity index is 1430. The third kappa shape index (κ3) is 4.69. The Morgan fingerprint density at radius 1 is 1.06 bits per heavy atom. The SMILES string of the molecule is N[C@@H](Cc1cc(Cl)c(Oc2ccc3[nH]cc(S(=O)(=O)c4ccccc4)c3c2)c(Cl)c1)C(=O)O. The van der Waals surface area contributed by atoms with Crippen LogP contribution in [-0.2, 0) is 21.1 Å². The minimum absolute atomic E-state index is 0.0467. The molecule has 7 nitrogen and oxygen atoms in total. The van der Waals surface area contributed by atoms with Crippen LogP contribution < -0.4 is 10.5 Å². The normalized spacial score (nSPS) is 12.6. The zero-order valence-electron chi connectivity index (χ0n) is 17.0. The van der Waals surface area contributed by atoms with Crippen molar-refractivity contribution in [3.8, 4) is 11.5 Å². The number of H-pyrrole nitrogens is 1. The predicted octanol–water partition coefficient (Wildman–Crippen LogP) is 5.05. The number of halogens is 2. The highest BCUT2D eigenvalue weighted by atomic mass is 35.5. The molecule has 1 aromatic heterocycles. The molecule has 4 rings (SSSR count). The molecule has 3 aromatic carbocycles.